The summed E-state index contributed by atoms with van der Waals surface area (Å²) in [6, 6.07) is 20.1. The van der Waals surface area contributed by atoms with Crippen LogP contribution in [0.25, 0.3) is 0 Å². The van der Waals surface area contributed by atoms with Crippen LogP contribution in [0.15, 0.2) is 77.9 Å². The summed E-state index contributed by atoms with van der Waals surface area (Å²) >= 11 is 5.82. The second-order valence-electron chi connectivity index (χ2n) is 6.76. The van der Waals surface area contributed by atoms with Gasteiger partial charge in [0, 0.05) is 10.6 Å². The fourth-order valence-electron chi connectivity index (χ4n) is 2.71. The average Bonchev–Trinajstić information content (AvgIpc) is 2.78. The van der Waals surface area contributed by atoms with Gasteiger partial charge in [0.05, 0.1) is 18.3 Å². The first kappa shape index (κ1) is 22.7. The van der Waals surface area contributed by atoms with E-state index in [1.54, 1.807) is 60.7 Å². The van der Waals surface area contributed by atoms with Gasteiger partial charge in [-0.05, 0) is 60.5 Å². The van der Waals surface area contributed by atoms with Crippen LogP contribution in [-0.4, -0.2) is 30.5 Å². The van der Waals surface area contributed by atoms with E-state index in [4.69, 9.17) is 16.3 Å². The van der Waals surface area contributed by atoms with Gasteiger partial charge in [0.15, 0.2) is 0 Å². The first-order valence-electron chi connectivity index (χ1n) is 9.66. The number of carbonyl (C=O) groups excluding carboxylic acids is 3. The topological polar surface area (TPSA) is 96.9 Å². The summed E-state index contributed by atoms with van der Waals surface area (Å²) in [7, 11) is 0. The molecule has 3 aromatic carbocycles. The minimum absolute atomic E-state index is 0.219. The molecule has 7 nitrogen and oxygen atoms in total. The molecule has 0 saturated carbocycles. The number of nitrogens with one attached hydrogen (secondary N) is 2. The van der Waals surface area contributed by atoms with Crippen molar-refractivity contribution in [3.8, 4) is 5.75 Å². The molecule has 32 heavy (non-hydrogen) atoms. The van der Waals surface area contributed by atoms with Crippen LogP contribution >= 0.6 is 11.6 Å². The predicted octanol–water partition coefficient (Wildman–Crippen LogP) is 3.75. The lowest BCUT2D eigenvalue weighted by atomic mass is 10.1. The number of amides is 2. The van der Waals surface area contributed by atoms with Gasteiger partial charge in [-0.25, -0.2) is 10.2 Å². The van der Waals surface area contributed by atoms with Crippen molar-refractivity contribution in [2.45, 2.75) is 6.92 Å². The number of carbonyl (C=O) groups is 3. The van der Waals surface area contributed by atoms with Gasteiger partial charge in [0.2, 0.25) is 0 Å². The lowest BCUT2D eigenvalue weighted by molar-refractivity contribution is -0.120. The molecule has 0 radical (unpaired) electrons. The maximum atomic E-state index is 12.2. The van der Waals surface area contributed by atoms with Gasteiger partial charge in [-0.15, -0.1) is 0 Å². The smallest absolute Gasteiger partial charge is 0.343 e. The Morgan fingerprint density at radius 3 is 2.50 bits per heavy atom. The van der Waals surface area contributed by atoms with Gasteiger partial charge in [0.1, 0.15) is 5.75 Å². The number of aryl methyl sites for hydroxylation is 1. The summed E-state index contributed by atoms with van der Waals surface area (Å²) in [5.74, 6) is -1.01. The standard InChI is InChI=1S/C24H20ClN3O4/c1-16-5-2-3-8-21(16)23(30)26-15-22(29)28-27-14-17-6-4-7-20(13-17)32-24(31)18-9-11-19(25)12-10-18/h2-14H,15H2,1H3,(H,26,30)(H,28,29)/b27-14-. The number of ether oxygens (including phenoxy) is 1. The SMILES string of the molecule is Cc1ccccc1C(=O)NCC(=O)N/N=C\c1cccc(OC(=O)c2ccc(Cl)cc2)c1. The van der Waals surface area contributed by atoms with Crippen molar-refractivity contribution >= 4 is 35.6 Å². The Kier molecular flexibility index (Phi) is 7.72. The van der Waals surface area contributed by atoms with E-state index in [2.05, 4.69) is 15.8 Å². The maximum Gasteiger partial charge on any atom is 0.343 e. The van der Waals surface area contributed by atoms with Gasteiger partial charge < -0.3 is 10.1 Å². The Balaban J connectivity index is 1.50. The zero-order chi connectivity index (χ0) is 22.9. The third kappa shape index (κ3) is 6.52. The summed E-state index contributed by atoms with van der Waals surface area (Å²) < 4.78 is 5.35. The molecule has 0 heterocycles. The van der Waals surface area contributed by atoms with E-state index in [9.17, 15) is 14.4 Å². The Morgan fingerprint density at radius 2 is 1.75 bits per heavy atom. The van der Waals surface area contributed by atoms with E-state index >= 15 is 0 Å². The molecule has 0 atom stereocenters. The van der Waals surface area contributed by atoms with Crippen LogP contribution in [0.5, 0.6) is 5.75 Å². The summed E-state index contributed by atoms with van der Waals surface area (Å²) in [6.45, 7) is 1.60. The molecule has 0 aliphatic carbocycles. The monoisotopic (exact) mass is 449 g/mol. The molecule has 3 aromatic rings. The highest BCUT2D eigenvalue weighted by Gasteiger charge is 2.10. The summed E-state index contributed by atoms with van der Waals surface area (Å²) in [5.41, 5.74) is 4.64. The summed E-state index contributed by atoms with van der Waals surface area (Å²) in [4.78, 5) is 36.3. The Bertz CT molecular complexity index is 1160. The van der Waals surface area contributed by atoms with Crippen molar-refractivity contribution in [3.05, 3.63) is 100 Å². The Hall–Kier alpha value is -3.97. The number of esters is 1. The highest BCUT2D eigenvalue weighted by molar-refractivity contribution is 6.30. The van der Waals surface area contributed by atoms with Gasteiger partial charge in [-0.2, -0.15) is 5.10 Å². The first-order chi connectivity index (χ1) is 15.4. The van der Waals surface area contributed by atoms with E-state index in [-0.39, 0.29) is 12.5 Å². The van der Waals surface area contributed by atoms with E-state index in [0.717, 1.165) is 5.56 Å². The van der Waals surface area contributed by atoms with E-state index in [1.165, 1.54) is 6.21 Å². The number of benzene rings is 3. The second kappa shape index (κ2) is 10.9. The first-order valence-corrected chi connectivity index (χ1v) is 10.0. The molecule has 162 valence electrons. The van der Waals surface area contributed by atoms with Crippen molar-refractivity contribution in [1.29, 1.82) is 0 Å². The summed E-state index contributed by atoms with van der Waals surface area (Å²) in [6.07, 6.45) is 1.40. The number of rotatable bonds is 7. The Morgan fingerprint density at radius 1 is 1.00 bits per heavy atom. The lowest BCUT2D eigenvalue weighted by Crippen LogP contribution is -2.35. The highest BCUT2D eigenvalue weighted by atomic mass is 35.5. The molecule has 0 unspecified atom stereocenters. The molecule has 0 spiro atoms. The van der Waals surface area contributed by atoms with Crippen LogP contribution in [-0.2, 0) is 4.79 Å². The van der Waals surface area contributed by atoms with Crippen LogP contribution in [0.2, 0.25) is 5.02 Å². The number of hydrogen-bond acceptors (Lipinski definition) is 5. The van der Waals surface area contributed by atoms with Gasteiger partial charge in [0.25, 0.3) is 11.8 Å². The fraction of sp³-hybridized carbons (Fsp3) is 0.0833. The number of halogens is 1. The molecule has 8 heteroatoms. The van der Waals surface area contributed by atoms with E-state index in [0.29, 0.717) is 27.5 Å². The number of hydrazone groups is 1. The maximum absolute atomic E-state index is 12.2. The molecule has 0 saturated heterocycles. The van der Waals surface area contributed by atoms with Crippen LogP contribution in [0.3, 0.4) is 0 Å². The minimum Gasteiger partial charge on any atom is -0.423 e. The Labute approximate surface area is 190 Å². The van der Waals surface area contributed by atoms with Crippen LogP contribution in [0.1, 0.15) is 31.8 Å². The molecule has 2 amide bonds. The molecule has 3 rings (SSSR count). The van der Waals surface area contributed by atoms with Crippen molar-refractivity contribution in [2.75, 3.05) is 6.54 Å². The average molecular weight is 450 g/mol. The van der Waals surface area contributed by atoms with Gasteiger partial charge >= 0.3 is 5.97 Å². The lowest BCUT2D eigenvalue weighted by Gasteiger charge is -2.06. The van der Waals surface area contributed by atoms with E-state index in [1.807, 2.05) is 19.1 Å². The molecule has 0 aromatic heterocycles. The van der Waals surface area contributed by atoms with Crippen LogP contribution in [0.4, 0.5) is 0 Å². The van der Waals surface area contributed by atoms with E-state index < -0.39 is 11.9 Å². The molecule has 0 bridgehead atoms. The van der Waals surface area contributed by atoms with Gasteiger partial charge in [-0.1, -0.05) is 41.9 Å². The molecule has 2 N–H and O–H groups in total. The third-order valence-electron chi connectivity index (χ3n) is 4.35. The van der Waals surface area contributed by atoms with Crippen molar-refractivity contribution in [3.63, 3.8) is 0 Å². The van der Waals surface area contributed by atoms with Crippen LogP contribution < -0.4 is 15.5 Å². The fourth-order valence-corrected chi connectivity index (χ4v) is 2.84. The summed E-state index contributed by atoms with van der Waals surface area (Å²) in [5, 5.41) is 6.94. The molecule has 0 aliphatic rings. The van der Waals surface area contributed by atoms with Crippen molar-refractivity contribution in [2.24, 2.45) is 5.10 Å². The van der Waals surface area contributed by atoms with Gasteiger partial charge in [-0.3, -0.25) is 9.59 Å². The quantitative estimate of drug-likeness (QED) is 0.248. The van der Waals surface area contributed by atoms with Crippen molar-refractivity contribution < 1.29 is 19.1 Å². The zero-order valence-electron chi connectivity index (χ0n) is 17.2. The molecular formula is C24H20ClN3O4. The number of hydrogen-bond donors (Lipinski definition) is 2. The predicted molar refractivity (Wildman–Crippen MR) is 122 cm³/mol. The number of nitrogens with zero attached hydrogens (tertiary/aromatic N) is 1. The minimum atomic E-state index is -0.520. The molecular weight excluding hydrogens is 430 g/mol. The van der Waals surface area contributed by atoms with Crippen LogP contribution in [0, 0.1) is 6.92 Å². The third-order valence-corrected chi connectivity index (χ3v) is 4.60. The highest BCUT2D eigenvalue weighted by Crippen LogP contribution is 2.16. The normalized spacial score (nSPS) is 10.6. The molecule has 0 fully saturated rings. The largest absolute Gasteiger partial charge is 0.423 e. The molecule has 0 aliphatic heterocycles. The second-order valence-corrected chi connectivity index (χ2v) is 7.20. The van der Waals surface area contributed by atoms with Crippen molar-refractivity contribution in [1.82, 2.24) is 10.7 Å². The zero-order valence-corrected chi connectivity index (χ0v) is 17.9.